The average Bonchev–Trinajstić information content (AvgIpc) is 1.64. The summed E-state index contributed by atoms with van der Waals surface area (Å²) in [5.41, 5.74) is -0.239. The number of hydrogen-bond donors (Lipinski definition) is 4. The van der Waals surface area contributed by atoms with E-state index in [2.05, 4.69) is 41.7 Å². The third kappa shape index (κ3) is 25.5. The van der Waals surface area contributed by atoms with Crippen molar-refractivity contribution in [1.82, 2.24) is 60.4 Å². The van der Waals surface area contributed by atoms with Crippen LogP contribution in [0.5, 0.6) is 46.5 Å². The molecule has 0 saturated heterocycles. The van der Waals surface area contributed by atoms with Crippen LogP contribution in [-0.2, 0) is 34.4 Å². The summed E-state index contributed by atoms with van der Waals surface area (Å²) in [6.07, 6.45) is -19.3. The summed E-state index contributed by atoms with van der Waals surface area (Å²) in [6.45, 7) is 14.1. The fourth-order valence-corrected chi connectivity index (χ4v) is 12.9. The molecule has 684 valence electrons. The van der Waals surface area contributed by atoms with Gasteiger partial charge in [0.25, 0.3) is 55.8 Å². The van der Waals surface area contributed by atoms with Crippen molar-refractivity contribution < 1.29 is 114 Å². The first-order valence-corrected chi connectivity index (χ1v) is 39.8. The monoisotopic (exact) mass is 1850 g/mol. The Hall–Kier alpha value is -14.0. The number of ketones is 4. The predicted molar refractivity (Wildman–Crippen MR) is 453 cm³/mol. The smallest absolute Gasteiger partial charge is 0.436 e. The van der Waals surface area contributed by atoms with E-state index >= 15 is 0 Å². The number of hydrogen-bond acceptors (Lipinski definition) is 16. The predicted octanol–water partition coefficient (Wildman–Crippen LogP) is 22.9. The van der Waals surface area contributed by atoms with Gasteiger partial charge in [0.1, 0.15) is 56.6 Å². The van der Waals surface area contributed by atoms with Crippen molar-refractivity contribution >= 4 is 70.0 Å². The van der Waals surface area contributed by atoms with Crippen molar-refractivity contribution in [2.75, 3.05) is 0 Å². The van der Waals surface area contributed by atoms with Crippen molar-refractivity contribution in [2.24, 2.45) is 28.2 Å². The number of nitrogens with zero attached hydrogens (tertiary/aromatic N) is 8. The molecule has 4 N–H and O–H groups in total. The SMILES string of the molecule is CC(=O)c1ccc([C@H](C)NC(=O)c2c(C(F)(F)F)nn(C)c2Oc2cccc(C(F)F)c2)cc1.CC(=O)c1ccc([C@H](C)NC(=O)c2c(C(F)F)nn(C)c2Oc2ccc(Cl)c(Cl)c2)cc1.CC(=O)c1ccc([C@H](C)NC(=O)c2c(C(F)F)nn(C)c2Oc2cccc(C(F)F)c2)cc1.CC(=O)c1ccc([C@H](C)NC(=O)c2c(C)nn(C)c2Oc2cccc(C(F)F)c2)cc1. The minimum atomic E-state index is -4.98. The molecule has 0 fully saturated rings. The first-order chi connectivity index (χ1) is 61.2. The molecular formula is C91H83Cl2F13N12O12. The van der Waals surface area contributed by atoms with Crippen LogP contribution in [0.3, 0.4) is 0 Å². The molecule has 12 aromatic rings. The maximum atomic E-state index is 13.6. The van der Waals surface area contributed by atoms with Crippen molar-refractivity contribution in [1.29, 1.82) is 0 Å². The topological polar surface area (TPSA) is 293 Å². The summed E-state index contributed by atoms with van der Waals surface area (Å²) in [6, 6.07) is 43.6. The lowest BCUT2D eigenvalue weighted by molar-refractivity contribution is -0.141. The number of Topliss-reactive ketones (excluding diaryl/α,β-unsaturated/α-hetero) is 4. The summed E-state index contributed by atoms with van der Waals surface area (Å²) >= 11 is 11.9. The molecule has 0 saturated carbocycles. The second kappa shape index (κ2) is 43.7. The molecule has 0 aliphatic rings. The quantitative estimate of drug-likeness (QED) is 0.0250. The van der Waals surface area contributed by atoms with Gasteiger partial charge in [0.05, 0.1) is 39.9 Å². The molecule has 0 aliphatic heterocycles. The lowest BCUT2D eigenvalue weighted by Gasteiger charge is -2.16. The third-order valence-electron chi connectivity index (χ3n) is 19.5. The lowest BCUT2D eigenvalue weighted by atomic mass is 10.0. The number of ether oxygens (including phenoxy) is 4. The van der Waals surface area contributed by atoms with E-state index in [1.165, 1.54) is 131 Å². The molecule has 39 heteroatoms. The molecule has 0 aliphatic carbocycles. The van der Waals surface area contributed by atoms with Crippen LogP contribution in [-0.4, -0.2) is 85.9 Å². The van der Waals surface area contributed by atoms with Gasteiger partial charge in [0, 0.05) is 73.2 Å². The molecule has 24 nitrogen and oxygen atoms in total. The summed E-state index contributed by atoms with van der Waals surface area (Å²) in [5, 5.41) is 26.2. The summed E-state index contributed by atoms with van der Waals surface area (Å²) in [4.78, 5) is 97.7. The maximum absolute atomic E-state index is 13.6. The van der Waals surface area contributed by atoms with E-state index in [0.29, 0.717) is 49.7 Å². The van der Waals surface area contributed by atoms with Gasteiger partial charge in [0.2, 0.25) is 23.5 Å². The van der Waals surface area contributed by atoms with E-state index in [1.807, 2.05) is 6.92 Å². The van der Waals surface area contributed by atoms with E-state index < -0.39 is 120 Å². The number of benzene rings is 8. The lowest BCUT2D eigenvalue weighted by Crippen LogP contribution is -2.28. The summed E-state index contributed by atoms with van der Waals surface area (Å²) in [5.74, 6) is -4.34. The minimum Gasteiger partial charge on any atom is -0.438 e. The Morgan fingerprint density at radius 3 is 0.862 bits per heavy atom. The standard InChI is InChI=1S/C23H20F5N3O3.C23H21F4N3O3.C23H23F2N3O3.C22H19Cl2F2N3O3/c1-12(14-7-9-15(10-8-14)13(2)32)29-21(33)18-19(23(26,27)28)30-31(3)22(18)34-17-6-4-5-16(11-17)20(24)25;1-12(14-7-9-15(10-8-14)13(2)31)28-22(32)18-19(21(26)27)29-30(3)23(18)33-17-6-4-5-16(11-17)20(24)25;1-13(16-8-10-17(11-9-16)15(3)29)26-22(30)20-14(2)27-28(4)23(20)31-19-7-5-6-18(12-19)21(24)25;1-11(13-4-6-14(7-5-13)12(2)30)27-21(31)18-19(20(25)26)28-29(3)22(18)32-15-8-9-16(23)17(24)10-15/h4-12,20H,1-3H3,(H,29,33);4-12,20-21H,1-3H3,(H,28,32);5-13,21H,1-4H3,(H,26,30);4-11,20H,1-3H3,(H,27,31)/t2*12-;13-;11-/m0000/s1. The number of rotatable bonds is 29. The van der Waals surface area contributed by atoms with Crippen LogP contribution >= 0.6 is 23.2 Å². The van der Waals surface area contributed by atoms with Crippen molar-refractivity contribution in [3.63, 3.8) is 0 Å². The molecule has 4 amide bonds. The molecule has 4 aromatic heterocycles. The zero-order valence-electron chi connectivity index (χ0n) is 71.2. The van der Waals surface area contributed by atoms with Gasteiger partial charge >= 0.3 is 6.18 Å². The normalized spacial score (nSPS) is 12.2. The van der Waals surface area contributed by atoms with E-state index in [4.69, 9.17) is 42.1 Å². The summed E-state index contributed by atoms with van der Waals surface area (Å²) < 4.78 is 200. The first kappa shape index (κ1) is 99.8. The zero-order chi connectivity index (χ0) is 95.8. The van der Waals surface area contributed by atoms with E-state index in [9.17, 15) is 95.4 Å². The Labute approximate surface area is 745 Å². The first-order valence-electron chi connectivity index (χ1n) is 39.1. The van der Waals surface area contributed by atoms with Gasteiger partial charge in [-0.2, -0.15) is 33.6 Å². The van der Waals surface area contributed by atoms with Crippen molar-refractivity contribution in [3.05, 3.63) is 304 Å². The Morgan fingerprint density at radius 1 is 0.323 bits per heavy atom. The Balaban J connectivity index is 0.000000195. The molecular weight excluding hydrogens is 1770 g/mol. The van der Waals surface area contributed by atoms with Gasteiger partial charge < -0.3 is 40.2 Å². The molecule has 130 heavy (non-hydrogen) atoms. The number of aryl methyl sites for hydroxylation is 5. The fourth-order valence-electron chi connectivity index (χ4n) is 12.6. The number of nitrogens with one attached hydrogen (secondary N) is 4. The largest absolute Gasteiger partial charge is 0.438 e. The second-order valence-electron chi connectivity index (χ2n) is 29.1. The molecule has 0 unspecified atom stereocenters. The number of aromatic nitrogens is 8. The highest BCUT2D eigenvalue weighted by molar-refractivity contribution is 6.42. The van der Waals surface area contributed by atoms with Gasteiger partial charge in [-0.1, -0.05) is 157 Å². The van der Waals surface area contributed by atoms with E-state index in [1.54, 1.807) is 120 Å². The van der Waals surface area contributed by atoms with Gasteiger partial charge in [-0.05, 0) is 133 Å². The van der Waals surface area contributed by atoms with Crippen LogP contribution in [0.1, 0.15) is 256 Å². The van der Waals surface area contributed by atoms with Crippen LogP contribution in [0.15, 0.2) is 188 Å². The van der Waals surface area contributed by atoms with E-state index in [-0.39, 0.29) is 97.1 Å². The van der Waals surface area contributed by atoms with Gasteiger partial charge in [-0.25, -0.2) is 62.6 Å². The molecule has 0 radical (unpaired) electrons. The van der Waals surface area contributed by atoms with Crippen LogP contribution in [0.4, 0.5) is 57.1 Å². The molecule has 0 bridgehead atoms. The molecule has 12 rings (SSSR count). The fraction of sp³-hybridized carbons (Fsp3) is 0.253. The van der Waals surface area contributed by atoms with Crippen LogP contribution in [0.2, 0.25) is 10.0 Å². The summed E-state index contributed by atoms with van der Waals surface area (Å²) in [7, 11) is 5.44. The third-order valence-corrected chi connectivity index (χ3v) is 20.3. The highest BCUT2D eigenvalue weighted by Crippen LogP contribution is 2.41. The average molecular weight is 1850 g/mol. The Kier molecular flexibility index (Phi) is 33.5. The van der Waals surface area contributed by atoms with Gasteiger partial charge in [0.15, 0.2) is 28.8 Å². The van der Waals surface area contributed by atoms with Crippen molar-refractivity contribution in [2.45, 2.75) is 125 Å². The molecule has 0 spiro atoms. The minimum absolute atomic E-state index is 0.0353. The highest BCUT2D eigenvalue weighted by Gasteiger charge is 2.43. The van der Waals surface area contributed by atoms with Crippen LogP contribution in [0, 0.1) is 6.92 Å². The molecule has 8 aromatic carbocycles. The number of carbonyl (C=O) groups is 8. The number of amides is 4. The maximum Gasteiger partial charge on any atom is 0.436 e. The second-order valence-corrected chi connectivity index (χ2v) is 29.9. The number of carbonyl (C=O) groups excluding carboxylic acids is 8. The van der Waals surface area contributed by atoms with Crippen molar-refractivity contribution in [3.8, 4) is 46.5 Å². The van der Waals surface area contributed by atoms with Gasteiger partial charge in [-0.3, -0.25) is 38.4 Å². The van der Waals surface area contributed by atoms with Crippen LogP contribution in [0.25, 0.3) is 0 Å². The highest BCUT2D eigenvalue weighted by atomic mass is 35.5. The molecule has 4 heterocycles. The van der Waals surface area contributed by atoms with E-state index in [0.717, 1.165) is 44.9 Å². The Morgan fingerprint density at radius 2 is 0.585 bits per heavy atom. The van der Waals surface area contributed by atoms with Gasteiger partial charge in [-0.15, -0.1) is 0 Å². The Bertz CT molecular complexity index is 6110. The number of alkyl halides is 13. The zero-order valence-corrected chi connectivity index (χ0v) is 72.8. The number of halogens is 15. The molecule has 4 atom stereocenters. The van der Waals surface area contributed by atoms with Crippen LogP contribution < -0.4 is 40.2 Å².